The number of halogens is 1. The molecular weight excluding hydrogens is 153 g/mol. The van der Waals surface area contributed by atoms with Crippen molar-refractivity contribution in [3.63, 3.8) is 0 Å². The van der Waals surface area contributed by atoms with Crippen LogP contribution in [0.3, 0.4) is 0 Å². The van der Waals surface area contributed by atoms with Crippen LogP contribution in [0.5, 0.6) is 0 Å². The van der Waals surface area contributed by atoms with Crippen LogP contribution in [0, 0.1) is 12.9 Å². The normalized spacial score (nSPS) is 11.8. The minimum atomic E-state index is -0.359. The van der Waals surface area contributed by atoms with Crippen LogP contribution in [0.15, 0.2) is 12.1 Å². The Kier molecular flexibility index (Phi) is 2.18. The quantitative estimate of drug-likeness (QED) is 0.541. The van der Waals surface area contributed by atoms with Gasteiger partial charge < -0.3 is 0 Å². The summed E-state index contributed by atoms with van der Waals surface area (Å²) in [5, 5.41) is 0. The molecule has 1 aromatic rings. The highest BCUT2D eigenvalue weighted by Gasteiger charge is 2.16. The van der Waals surface area contributed by atoms with Crippen molar-refractivity contribution < 1.29 is 4.39 Å². The third-order valence-electron chi connectivity index (χ3n) is 1.80. The zero-order chi connectivity index (χ0) is 9.35. The lowest BCUT2D eigenvalue weighted by molar-refractivity contribution is 0.518. The minimum Gasteiger partial charge on any atom is -0.224 e. The van der Waals surface area contributed by atoms with E-state index in [4.69, 9.17) is 0 Å². The molecule has 12 heavy (non-hydrogen) atoms. The molecule has 0 N–H and O–H groups in total. The van der Waals surface area contributed by atoms with Crippen molar-refractivity contribution in [2.24, 2.45) is 0 Å². The fourth-order valence-corrected chi connectivity index (χ4v) is 0.922. The van der Waals surface area contributed by atoms with E-state index in [1.807, 2.05) is 26.8 Å². The Morgan fingerprint density at radius 3 is 2.25 bits per heavy atom. The summed E-state index contributed by atoms with van der Waals surface area (Å²) in [6.07, 6.45) is 0. The second-order valence-electron chi connectivity index (χ2n) is 4.05. The average molecular weight is 167 g/mol. The number of hydrogen-bond acceptors (Lipinski definition) is 1. The third-order valence-corrected chi connectivity index (χ3v) is 1.80. The van der Waals surface area contributed by atoms with E-state index in [1.54, 1.807) is 13.0 Å². The van der Waals surface area contributed by atoms with Gasteiger partial charge in [0.05, 0.1) is 0 Å². The van der Waals surface area contributed by atoms with Gasteiger partial charge in [0, 0.05) is 16.7 Å². The first kappa shape index (κ1) is 9.17. The fourth-order valence-electron chi connectivity index (χ4n) is 0.922. The van der Waals surface area contributed by atoms with Gasteiger partial charge in [0.2, 0.25) is 5.95 Å². The first-order valence-electron chi connectivity index (χ1n) is 4.05. The Labute approximate surface area is 72.6 Å². The lowest BCUT2D eigenvalue weighted by Gasteiger charge is -2.17. The van der Waals surface area contributed by atoms with Crippen LogP contribution < -0.4 is 0 Å². The second-order valence-corrected chi connectivity index (χ2v) is 4.05. The zero-order valence-corrected chi connectivity index (χ0v) is 7.98. The van der Waals surface area contributed by atoms with Gasteiger partial charge in [-0.05, 0) is 13.0 Å². The summed E-state index contributed by atoms with van der Waals surface area (Å²) in [4.78, 5) is 3.88. The van der Waals surface area contributed by atoms with Crippen LogP contribution in [0.1, 0.15) is 32.0 Å². The van der Waals surface area contributed by atoms with E-state index in [1.165, 1.54) is 0 Å². The van der Waals surface area contributed by atoms with Crippen molar-refractivity contribution >= 4 is 0 Å². The maximum atomic E-state index is 13.0. The summed E-state index contributed by atoms with van der Waals surface area (Å²) < 4.78 is 13.0. The Morgan fingerprint density at radius 1 is 1.25 bits per heavy atom. The molecule has 0 aliphatic heterocycles. The predicted molar refractivity (Wildman–Crippen MR) is 47.6 cm³/mol. The first-order chi connectivity index (χ1) is 5.41. The highest BCUT2D eigenvalue weighted by Crippen LogP contribution is 2.20. The molecule has 0 unspecified atom stereocenters. The summed E-state index contributed by atoms with van der Waals surface area (Å²) in [7, 11) is 0. The zero-order valence-electron chi connectivity index (χ0n) is 7.98. The van der Waals surface area contributed by atoms with Gasteiger partial charge in [-0.15, -0.1) is 0 Å². The summed E-state index contributed by atoms with van der Waals surface area (Å²) in [6.45, 7) is 7.77. The number of nitrogens with zero attached hydrogens (tertiary/aromatic N) is 1. The van der Waals surface area contributed by atoms with Gasteiger partial charge in [-0.25, -0.2) is 4.98 Å². The van der Waals surface area contributed by atoms with E-state index in [0.29, 0.717) is 5.56 Å². The van der Waals surface area contributed by atoms with Gasteiger partial charge >= 0.3 is 0 Å². The maximum Gasteiger partial charge on any atom is 0.216 e. The highest BCUT2D eigenvalue weighted by atomic mass is 19.1. The van der Waals surface area contributed by atoms with Gasteiger partial charge in [0.25, 0.3) is 0 Å². The summed E-state index contributed by atoms with van der Waals surface area (Å²) in [5.74, 6) is -0.359. The topological polar surface area (TPSA) is 12.9 Å². The van der Waals surface area contributed by atoms with E-state index in [0.717, 1.165) is 5.69 Å². The molecule has 1 rings (SSSR count). The van der Waals surface area contributed by atoms with E-state index in [9.17, 15) is 4.39 Å². The summed E-state index contributed by atoms with van der Waals surface area (Å²) in [6, 6.07) is 3.64. The number of rotatable bonds is 0. The molecule has 0 radical (unpaired) electrons. The maximum absolute atomic E-state index is 13.0. The molecule has 0 saturated heterocycles. The van der Waals surface area contributed by atoms with Crippen LogP contribution in [-0.2, 0) is 5.41 Å². The Morgan fingerprint density at radius 2 is 1.83 bits per heavy atom. The van der Waals surface area contributed by atoms with Crippen LogP contribution in [-0.4, -0.2) is 4.98 Å². The molecular formula is C10H14FN. The van der Waals surface area contributed by atoms with E-state index in [2.05, 4.69) is 4.98 Å². The van der Waals surface area contributed by atoms with Crippen molar-refractivity contribution in [3.05, 3.63) is 29.3 Å². The van der Waals surface area contributed by atoms with Gasteiger partial charge in [-0.1, -0.05) is 26.8 Å². The molecule has 1 heterocycles. The highest BCUT2D eigenvalue weighted by molar-refractivity contribution is 5.18. The molecule has 1 nitrogen and oxygen atoms in total. The van der Waals surface area contributed by atoms with Crippen LogP contribution in [0.2, 0.25) is 0 Å². The van der Waals surface area contributed by atoms with Crippen molar-refractivity contribution in [1.29, 1.82) is 0 Å². The Bertz CT molecular complexity index is 286. The third kappa shape index (κ3) is 1.81. The molecule has 0 fully saturated rings. The molecule has 1 aromatic heterocycles. The molecule has 0 bridgehead atoms. The van der Waals surface area contributed by atoms with E-state index < -0.39 is 0 Å². The number of hydrogen-bond donors (Lipinski definition) is 0. The Hall–Kier alpha value is -0.920. The molecule has 66 valence electrons. The van der Waals surface area contributed by atoms with Gasteiger partial charge in [0.15, 0.2) is 0 Å². The SMILES string of the molecule is Cc1ccc(C(C)(C)C)nc1F. The van der Waals surface area contributed by atoms with E-state index in [-0.39, 0.29) is 11.4 Å². The minimum absolute atomic E-state index is 0.0749. The lowest BCUT2D eigenvalue weighted by Crippen LogP contribution is -2.14. The Balaban J connectivity index is 3.14. The smallest absolute Gasteiger partial charge is 0.216 e. The van der Waals surface area contributed by atoms with Crippen LogP contribution in [0.25, 0.3) is 0 Å². The summed E-state index contributed by atoms with van der Waals surface area (Å²) in [5.41, 5.74) is 1.32. The molecule has 0 atom stereocenters. The largest absolute Gasteiger partial charge is 0.224 e. The molecule has 0 saturated carbocycles. The second kappa shape index (κ2) is 2.85. The van der Waals surface area contributed by atoms with Crippen molar-refractivity contribution in [2.75, 3.05) is 0 Å². The van der Waals surface area contributed by atoms with Crippen LogP contribution >= 0.6 is 0 Å². The van der Waals surface area contributed by atoms with Gasteiger partial charge in [0.1, 0.15) is 0 Å². The van der Waals surface area contributed by atoms with Crippen molar-refractivity contribution in [2.45, 2.75) is 33.1 Å². The number of aromatic nitrogens is 1. The average Bonchev–Trinajstić information content (AvgIpc) is 1.92. The standard InChI is InChI=1S/C10H14FN/c1-7-5-6-8(10(2,3)4)12-9(7)11/h5-6H,1-4H3. The molecule has 0 amide bonds. The number of aryl methyl sites for hydroxylation is 1. The van der Waals surface area contributed by atoms with Gasteiger partial charge in [-0.3, -0.25) is 0 Å². The fraction of sp³-hybridized carbons (Fsp3) is 0.500. The molecule has 0 spiro atoms. The van der Waals surface area contributed by atoms with E-state index >= 15 is 0 Å². The molecule has 0 aliphatic rings. The monoisotopic (exact) mass is 167 g/mol. The van der Waals surface area contributed by atoms with Crippen molar-refractivity contribution in [1.82, 2.24) is 4.98 Å². The van der Waals surface area contributed by atoms with Crippen LogP contribution in [0.4, 0.5) is 4.39 Å². The first-order valence-corrected chi connectivity index (χ1v) is 4.05. The summed E-state index contributed by atoms with van der Waals surface area (Å²) >= 11 is 0. The van der Waals surface area contributed by atoms with Crippen molar-refractivity contribution in [3.8, 4) is 0 Å². The molecule has 2 heteroatoms. The number of pyridine rings is 1. The molecule has 0 aliphatic carbocycles. The molecule has 0 aromatic carbocycles. The lowest BCUT2D eigenvalue weighted by atomic mass is 9.91. The predicted octanol–water partition coefficient (Wildman–Crippen LogP) is 2.83. The van der Waals surface area contributed by atoms with Gasteiger partial charge in [-0.2, -0.15) is 4.39 Å².